The van der Waals surface area contributed by atoms with Crippen LogP contribution in [-0.4, -0.2) is 50.3 Å². The van der Waals surface area contributed by atoms with Gasteiger partial charge in [-0.2, -0.15) is 0 Å². The van der Waals surface area contributed by atoms with E-state index in [2.05, 4.69) is 27.7 Å². The van der Waals surface area contributed by atoms with Gasteiger partial charge >= 0.3 is 0 Å². The lowest BCUT2D eigenvalue weighted by molar-refractivity contribution is -0.122. The van der Waals surface area contributed by atoms with Crippen LogP contribution in [0.2, 0.25) is 0 Å². The van der Waals surface area contributed by atoms with Crippen LogP contribution in [0.5, 0.6) is 5.75 Å². The Labute approximate surface area is 165 Å². The van der Waals surface area contributed by atoms with Crippen molar-refractivity contribution in [3.63, 3.8) is 0 Å². The van der Waals surface area contributed by atoms with E-state index in [1.54, 1.807) is 18.4 Å². The molecule has 1 aromatic heterocycles. The van der Waals surface area contributed by atoms with Gasteiger partial charge in [-0.3, -0.25) is 9.69 Å². The Balaban J connectivity index is 1.48. The fourth-order valence-electron chi connectivity index (χ4n) is 3.39. The van der Waals surface area contributed by atoms with Crippen molar-refractivity contribution >= 4 is 17.2 Å². The summed E-state index contributed by atoms with van der Waals surface area (Å²) in [6.07, 6.45) is 3.19. The summed E-state index contributed by atoms with van der Waals surface area (Å²) in [7, 11) is 1.67. The number of hydrogen-bond donors (Lipinski definition) is 1. The molecule has 1 atom stereocenters. The maximum Gasteiger partial charge on any atom is 0.234 e. The van der Waals surface area contributed by atoms with E-state index in [9.17, 15) is 4.79 Å². The van der Waals surface area contributed by atoms with Gasteiger partial charge in [-0.05, 0) is 42.3 Å². The van der Waals surface area contributed by atoms with Crippen LogP contribution in [0.4, 0.5) is 0 Å². The number of para-hydroxylation sites is 1. The molecule has 3 rings (SSSR count). The zero-order chi connectivity index (χ0) is 18.9. The minimum atomic E-state index is 0.0550. The normalized spacial score (nSPS) is 16.6. The number of thiophene rings is 1. The van der Waals surface area contributed by atoms with Gasteiger partial charge in [0, 0.05) is 31.1 Å². The second kappa shape index (κ2) is 10.4. The summed E-state index contributed by atoms with van der Waals surface area (Å²) >= 11 is 1.73. The third kappa shape index (κ3) is 6.34. The third-order valence-corrected chi connectivity index (χ3v) is 5.58. The Bertz CT molecular complexity index is 699. The van der Waals surface area contributed by atoms with E-state index < -0.39 is 0 Å². The van der Waals surface area contributed by atoms with Gasteiger partial charge in [0.05, 0.1) is 19.8 Å². The van der Waals surface area contributed by atoms with Gasteiger partial charge in [-0.15, -0.1) is 11.3 Å². The fourth-order valence-corrected chi connectivity index (χ4v) is 4.14. The minimum Gasteiger partial charge on any atom is -0.496 e. The zero-order valence-corrected chi connectivity index (χ0v) is 16.7. The van der Waals surface area contributed by atoms with Crippen LogP contribution in [0.15, 0.2) is 41.8 Å². The summed E-state index contributed by atoms with van der Waals surface area (Å²) in [5.74, 6) is 0.920. The molecule has 1 aliphatic rings. The first-order valence-corrected chi connectivity index (χ1v) is 10.4. The molecule has 27 heavy (non-hydrogen) atoms. The molecular weight excluding hydrogens is 360 g/mol. The Morgan fingerprint density at radius 1 is 1.33 bits per heavy atom. The second-order valence-corrected chi connectivity index (χ2v) is 7.83. The number of carbonyl (C=O) groups excluding carboxylic acids is 1. The van der Waals surface area contributed by atoms with E-state index in [1.165, 1.54) is 4.88 Å². The van der Waals surface area contributed by atoms with Gasteiger partial charge in [-0.1, -0.05) is 24.3 Å². The molecule has 0 radical (unpaired) electrons. The van der Waals surface area contributed by atoms with Gasteiger partial charge in [-0.25, -0.2) is 0 Å². The Hall–Kier alpha value is -1.89. The molecule has 6 heteroatoms. The van der Waals surface area contributed by atoms with Gasteiger partial charge in [0.1, 0.15) is 5.75 Å². The number of benzene rings is 1. The first-order valence-electron chi connectivity index (χ1n) is 9.49. The van der Waals surface area contributed by atoms with Gasteiger partial charge in [0.2, 0.25) is 5.91 Å². The number of amides is 1. The first kappa shape index (κ1) is 19.9. The highest BCUT2D eigenvalue weighted by Gasteiger charge is 2.21. The molecule has 2 heterocycles. The van der Waals surface area contributed by atoms with Crippen LogP contribution in [0, 0.1) is 0 Å². The topological polar surface area (TPSA) is 50.8 Å². The standard InChI is InChI=1S/C21H28N2O3S/c1-25-20-9-3-2-6-17(20)10-11-22-21(24)16-23(14-18-7-4-12-26-18)15-19-8-5-13-27-19/h2-3,5-6,8-9,13,18H,4,7,10-12,14-16H2,1H3,(H,22,24)/t18-/m1/s1. The van der Waals surface area contributed by atoms with E-state index >= 15 is 0 Å². The maximum absolute atomic E-state index is 12.5. The number of methoxy groups -OCH3 is 1. The number of carbonyl (C=O) groups is 1. The molecule has 1 fully saturated rings. The van der Waals surface area contributed by atoms with Crippen LogP contribution in [0.25, 0.3) is 0 Å². The SMILES string of the molecule is COc1ccccc1CCNC(=O)CN(Cc1cccs1)C[C@H]1CCCO1. The number of nitrogens with one attached hydrogen (secondary N) is 1. The smallest absolute Gasteiger partial charge is 0.234 e. The number of ether oxygens (including phenoxy) is 2. The van der Waals surface area contributed by atoms with Crippen molar-refractivity contribution in [3.05, 3.63) is 52.2 Å². The predicted molar refractivity (Wildman–Crippen MR) is 108 cm³/mol. The Morgan fingerprint density at radius 3 is 2.96 bits per heavy atom. The van der Waals surface area contributed by atoms with Crippen molar-refractivity contribution in [1.82, 2.24) is 10.2 Å². The molecule has 1 N–H and O–H groups in total. The van der Waals surface area contributed by atoms with Crippen LogP contribution in [-0.2, 0) is 22.5 Å². The summed E-state index contributed by atoms with van der Waals surface area (Å²) in [5.41, 5.74) is 1.11. The van der Waals surface area contributed by atoms with Crippen LogP contribution < -0.4 is 10.1 Å². The van der Waals surface area contributed by atoms with Crippen LogP contribution >= 0.6 is 11.3 Å². The molecule has 0 saturated carbocycles. The number of hydrogen-bond acceptors (Lipinski definition) is 5. The lowest BCUT2D eigenvalue weighted by Crippen LogP contribution is -2.40. The van der Waals surface area contributed by atoms with Gasteiger partial charge < -0.3 is 14.8 Å². The third-order valence-electron chi connectivity index (χ3n) is 4.72. The lowest BCUT2D eigenvalue weighted by atomic mass is 10.1. The molecule has 0 bridgehead atoms. The summed E-state index contributed by atoms with van der Waals surface area (Å²) in [6.45, 7) is 3.42. The fraction of sp³-hybridized carbons (Fsp3) is 0.476. The van der Waals surface area contributed by atoms with Gasteiger partial charge in [0.25, 0.3) is 0 Å². The van der Waals surface area contributed by atoms with Crippen molar-refractivity contribution in [2.24, 2.45) is 0 Å². The van der Waals surface area contributed by atoms with E-state index in [0.29, 0.717) is 13.1 Å². The minimum absolute atomic E-state index is 0.0550. The van der Waals surface area contributed by atoms with Crippen molar-refractivity contribution < 1.29 is 14.3 Å². The quantitative estimate of drug-likeness (QED) is 0.680. The van der Waals surface area contributed by atoms with E-state index in [0.717, 1.165) is 50.3 Å². The Morgan fingerprint density at radius 2 is 2.22 bits per heavy atom. The highest BCUT2D eigenvalue weighted by molar-refractivity contribution is 7.09. The van der Waals surface area contributed by atoms with E-state index in [-0.39, 0.29) is 12.0 Å². The predicted octanol–water partition coefficient (Wildman–Crippen LogP) is 3.10. The van der Waals surface area contributed by atoms with Crippen LogP contribution in [0.1, 0.15) is 23.3 Å². The molecule has 1 aromatic carbocycles. The summed E-state index contributed by atoms with van der Waals surface area (Å²) in [6, 6.07) is 12.1. The summed E-state index contributed by atoms with van der Waals surface area (Å²) < 4.78 is 11.1. The number of rotatable bonds is 10. The molecule has 146 valence electrons. The molecular formula is C21H28N2O3S. The molecule has 0 unspecified atom stereocenters. The average Bonchev–Trinajstić information content (AvgIpc) is 3.36. The largest absolute Gasteiger partial charge is 0.496 e. The highest BCUT2D eigenvalue weighted by Crippen LogP contribution is 2.18. The molecule has 5 nitrogen and oxygen atoms in total. The van der Waals surface area contributed by atoms with Crippen LogP contribution in [0.3, 0.4) is 0 Å². The first-order chi connectivity index (χ1) is 13.2. The molecule has 0 aliphatic carbocycles. The molecule has 2 aromatic rings. The second-order valence-electron chi connectivity index (χ2n) is 6.80. The van der Waals surface area contributed by atoms with E-state index in [1.807, 2.05) is 24.3 Å². The molecule has 1 saturated heterocycles. The monoisotopic (exact) mass is 388 g/mol. The highest BCUT2D eigenvalue weighted by atomic mass is 32.1. The van der Waals surface area contributed by atoms with Crippen molar-refractivity contribution in [2.75, 3.05) is 33.4 Å². The van der Waals surface area contributed by atoms with Crippen molar-refractivity contribution in [3.8, 4) is 5.75 Å². The average molecular weight is 389 g/mol. The molecule has 1 aliphatic heterocycles. The molecule has 0 spiro atoms. The van der Waals surface area contributed by atoms with Crippen molar-refractivity contribution in [2.45, 2.75) is 31.9 Å². The number of nitrogens with zero attached hydrogens (tertiary/aromatic N) is 1. The van der Waals surface area contributed by atoms with Crippen molar-refractivity contribution in [1.29, 1.82) is 0 Å². The maximum atomic E-state index is 12.5. The Kier molecular flexibility index (Phi) is 7.68. The zero-order valence-electron chi connectivity index (χ0n) is 15.9. The summed E-state index contributed by atoms with van der Waals surface area (Å²) in [4.78, 5) is 15.9. The van der Waals surface area contributed by atoms with E-state index in [4.69, 9.17) is 9.47 Å². The lowest BCUT2D eigenvalue weighted by Gasteiger charge is -2.24. The van der Waals surface area contributed by atoms with Gasteiger partial charge in [0.15, 0.2) is 0 Å². The summed E-state index contributed by atoms with van der Waals surface area (Å²) in [5, 5.41) is 5.12. The molecule has 1 amide bonds.